The summed E-state index contributed by atoms with van der Waals surface area (Å²) in [6.07, 6.45) is 14.6. The first-order valence-corrected chi connectivity index (χ1v) is 12.1. The van der Waals surface area contributed by atoms with E-state index in [0.717, 1.165) is 30.8 Å². The predicted octanol–water partition coefficient (Wildman–Crippen LogP) is 5.80. The van der Waals surface area contributed by atoms with Gasteiger partial charge in [0.2, 0.25) is 0 Å². The van der Waals surface area contributed by atoms with Crippen LogP contribution in [0.2, 0.25) is 0 Å². The number of benzene rings is 1. The standard InChI is InChI=1S/C25H46N2O2/c1-3-5-7-9-11-13-19-26-23-17-15-22(16-18-23)25(29)24(21-28)27-20-14-12-10-8-6-4-2/h15-18,24-29H,3-14,19-21H2,1-2H3/t24-,25-/m0/s1. The quantitative estimate of drug-likeness (QED) is 0.219. The van der Waals surface area contributed by atoms with Gasteiger partial charge in [-0.2, -0.15) is 0 Å². The smallest absolute Gasteiger partial charge is 0.0965 e. The zero-order chi connectivity index (χ0) is 21.2. The highest BCUT2D eigenvalue weighted by Gasteiger charge is 2.19. The van der Waals surface area contributed by atoms with Crippen molar-refractivity contribution in [2.75, 3.05) is 25.0 Å². The van der Waals surface area contributed by atoms with Crippen LogP contribution in [-0.4, -0.2) is 36.0 Å². The maximum absolute atomic E-state index is 10.6. The Morgan fingerprint density at radius 3 is 1.79 bits per heavy atom. The van der Waals surface area contributed by atoms with Crippen molar-refractivity contribution in [1.82, 2.24) is 5.32 Å². The summed E-state index contributed by atoms with van der Waals surface area (Å²) < 4.78 is 0. The number of unbranched alkanes of at least 4 members (excludes halogenated alkanes) is 10. The molecule has 0 spiro atoms. The van der Waals surface area contributed by atoms with Gasteiger partial charge in [-0.05, 0) is 37.1 Å². The highest BCUT2D eigenvalue weighted by Crippen LogP contribution is 2.20. The fraction of sp³-hybridized carbons (Fsp3) is 0.760. The summed E-state index contributed by atoms with van der Waals surface area (Å²) in [7, 11) is 0. The second-order valence-electron chi connectivity index (χ2n) is 8.27. The molecule has 0 unspecified atom stereocenters. The van der Waals surface area contributed by atoms with Crippen molar-refractivity contribution in [3.05, 3.63) is 29.8 Å². The van der Waals surface area contributed by atoms with Gasteiger partial charge in [0, 0.05) is 12.2 Å². The van der Waals surface area contributed by atoms with Gasteiger partial charge in [0.05, 0.1) is 18.8 Å². The summed E-state index contributed by atoms with van der Waals surface area (Å²) in [6.45, 7) is 6.25. The molecule has 1 aromatic rings. The highest BCUT2D eigenvalue weighted by atomic mass is 16.3. The van der Waals surface area contributed by atoms with Crippen LogP contribution in [0.4, 0.5) is 5.69 Å². The van der Waals surface area contributed by atoms with Crippen molar-refractivity contribution < 1.29 is 10.2 Å². The second-order valence-corrected chi connectivity index (χ2v) is 8.27. The third-order valence-corrected chi connectivity index (χ3v) is 5.63. The average molecular weight is 407 g/mol. The van der Waals surface area contributed by atoms with Crippen LogP contribution in [0, 0.1) is 0 Å². The van der Waals surface area contributed by atoms with E-state index < -0.39 is 6.10 Å². The van der Waals surface area contributed by atoms with Gasteiger partial charge in [0.25, 0.3) is 0 Å². The molecule has 1 rings (SSSR count). The maximum atomic E-state index is 10.6. The van der Waals surface area contributed by atoms with Crippen molar-refractivity contribution in [1.29, 1.82) is 0 Å². The van der Waals surface area contributed by atoms with Crippen molar-refractivity contribution in [3.8, 4) is 0 Å². The molecule has 0 amide bonds. The minimum Gasteiger partial charge on any atom is -0.395 e. The summed E-state index contributed by atoms with van der Waals surface area (Å²) >= 11 is 0. The number of anilines is 1. The number of nitrogens with one attached hydrogen (secondary N) is 2. The first-order valence-electron chi connectivity index (χ1n) is 12.1. The van der Waals surface area contributed by atoms with E-state index in [1.807, 2.05) is 24.3 Å². The summed E-state index contributed by atoms with van der Waals surface area (Å²) in [5, 5.41) is 27.1. The Morgan fingerprint density at radius 1 is 0.724 bits per heavy atom. The number of hydrogen-bond donors (Lipinski definition) is 4. The van der Waals surface area contributed by atoms with E-state index >= 15 is 0 Å². The van der Waals surface area contributed by atoms with Crippen molar-refractivity contribution >= 4 is 5.69 Å². The van der Waals surface area contributed by atoms with Gasteiger partial charge in [0.15, 0.2) is 0 Å². The molecule has 0 bridgehead atoms. The van der Waals surface area contributed by atoms with Crippen LogP contribution in [0.1, 0.15) is 103 Å². The molecule has 168 valence electrons. The van der Waals surface area contributed by atoms with Gasteiger partial charge in [-0.25, -0.2) is 0 Å². The van der Waals surface area contributed by atoms with Gasteiger partial charge < -0.3 is 20.8 Å². The molecular formula is C25H46N2O2. The number of rotatable bonds is 19. The van der Waals surface area contributed by atoms with Gasteiger partial charge in [-0.1, -0.05) is 90.2 Å². The van der Waals surface area contributed by atoms with Crippen LogP contribution in [-0.2, 0) is 0 Å². The molecule has 4 N–H and O–H groups in total. The Labute approximate surface area is 179 Å². The van der Waals surface area contributed by atoms with Gasteiger partial charge in [-0.3, -0.25) is 0 Å². The third kappa shape index (κ3) is 12.2. The molecule has 0 aliphatic rings. The van der Waals surface area contributed by atoms with Crippen LogP contribution in [0.3, 0.4) is 0 Å². The molecule has 1 aromatic carbocycles. The first kappa shape index (κ1) is 25.9. The fourth-order valence-electron chi connectivity index (χ4n) is 3.64. The van der Waals surface area contributed by atoms with Gasteiger partial charge in [0.1, 0.15) is 0 Å². The number of aliphatic hydroxyl groups is 2. The Morgan fingerprint density at radius 2 is 1.24 bits per heavy atom. The molecular weight excluding hydrogens is 360 g/mol. The molecule has 0 saturated carbocycles. The Hall–Kier alpha value is -1.10. The van der Waals surface area contributed by atoms with E-state index in [4.69, 9.17) is 0 Å². The van der Waals surface area contributed by atoms with E-state index in [9.17, 15) is 10.2 Å². The van der Waals surface area contributed by atoms with Crippen molar-refractivity contribution in [2.45, 2.75) is 103 Å². The van der Waals surface area contributed by atoms with Crippen LogP contribution in [0.5, 0.6) is 0 Å². The summed E-state index contributed by atoms with van der Waals surface area (Å²) in [5.74, 6) is 0. The van der Waals surface area contributed by atoms with Crippen molar-refractivity contribution in [3.63, 3.8) is 0 Å². The van der Waals surface area contributed by atoms with E-state index in [0.29, 0.717) is 0 Å². The monoisotopic (exact) mass is 406 g/mol. The summed E-state index contributed by atoms with van der Waals surface area (Å²) in [5.41, 5.74) is 1.94. The fourth-order valence-corrected chi connectivity index (χ4v) is 3.64. The Balaban J connectivity index is 2.26. The average Bonchev–Trinajstić information content (AvgIpc) is 2.75. The molecule has 4 nitrogen and oxygen atoms in total. The van der Waals surface area contributed by atoms with E-state index in [1.165, 1.54) is 70.6 Å². The topological polar surface area (TPSA) is 64.5 Å². The van der Waals surface area contributed by atoms with Crippen LogP contribution in [0.15, 0.2) is 24.3 Å². The SMILES string of the molecule is CCCCCCCCNc1ccc([C@H](O)[C@H](CO)NCCCCCCCC)cc1. The van der Waals surface area contributed by atoms with Crippen LogP contribution >= 0.6 is 0 Å². The van der Waals surface area contributed by atoms with E-state index in [1.54, 1.807) is 0 Å². The minimum atomic E-state index is -0.687. The lowest BCUT2D eigenvalue weighted by atomic mass is 10.0. The third-order valence-electron chi connectivity index (χ3n) is 5.63. The lowest BCUT2D eigenvalue weighted by molar-refractivity contribution is 0.0899. The molecule has 29 heavy (non-hydrogen) atoms. The predicted molar refractivity (Wildman–Crippen MR) is 126 cm³/mol. The number of aliphatic hydroxyl groups excluding tert-OH is 2. The molecule has 0 fully saturated rings. The molecule has 0 saturated heterocycles. The van der Waals surface area contributed by atoms with Gasteiger partial charge in [-0.15, -0.1) is 0 Å². The van der Waals surface area contributed by atoms with E-state index in [-0.39, 0.29) is 12.6 Å². The lowest BCUT2D eigenvalue weighted by Crippen LogP contribution is -2.38. The van der Waals surface area contributed by atoms with Crippen LogP contribution < -0.4 is 10.6 Å². The summed E-state index contributed by atoms with van der Waals surface area (Å²) in [6, 6.07) is 7.66. The van der Waals surface area contributed by atoms with Gasteiger partial charge >= 0.3 is 0 Å². The number of hydrogen-bond acceptors (Lipinski definition) is 4. The molecule has 0 heterocycles. The molecule has 4 heteroatoms. The molecule has 0 aliphatic heterocycles. The summed E-state index contributed by atoms with van der Waals surface area (Å²) in [4.78, 5) is 0. The van der Waals surface area contributed by atoms with Crippen LogP contribution in [0.25, 0.3) is 0 Å². The molecule has 0 radical (unpaired) electrons. The lowest BCUT2D eigenvalue weighted by Gasteiger charge is -2.23. The van der Waals surface area contributed by atoms with E-state index in [2.05, 4.69) is 24.5 Å². The minimum absolute atomic E-state index is 0.0605. The largest absolute Gasteiger partial charge is 0.395 e. The molecule has 0 aliphatic carbocycles. The zero-order valence-electron chi connectivity index (χ0n) is 19.0. The Kier molecular flexibility index (Phi) is 15.9. The maximum Gasteiger partial charge on any atom is 0.0965 e. The second kappa shape index (κ2) is 17.7. The normalized spacial score (nSPS) is 13.4. The van der Waals surface area contributed by atoms with Crippen molar-refractivity contribution in [2.24, 2.45) is 0 Å². The molecule has 2 atom stereocenters. The first-order chi connectivity index (χ1) is 14.2. The molecule has 0 aromatic heterocycles. The zero-order valence-corrected chi connectivity index (χ0v) is 19.0. The Bertz CT molecular complexity index is 478. The highest BCUT2D eigenvalue weighted by molar-refractivity contribution is 5.45.